The summed E-state index contributed by atoms with van der Waals surface area (Å²) >= 11 is 6.05. The Morgan fingerprint density at radius 1 is 0.974 bits per heavy atom. The normalized spacial score (nSPS) is 17.9. The van der Waals surface area contributed by atoms with Crippen LogP contribution >= 0.6 is 11.6 Å². The van der Waals surface area contributed by atoms with E-state index in [9.17, 15) is 9.59 Å². The molecule has 1 saturated carbocycles. The molecule has 0 bridgehead atoms. The molecule has 0 atom stereocenters. The summed E-state index contributed by atoms with van der Waals surface area (Å²) in [6, 6.07) is 12.6. The van der Waals surface area contributed by atoms with Gasteiger partial charge in [-0.25, -0.2) is 0 Å². The van der Waals surface area contributed by atoms with Crippen LogP contribution in [-0.4, -0.2) is 53.6 Å². The fourth-order valence-electron chi connectivity index (χ4n) is 6.46. The van der Waals surface area contributed by atoms with Crippen LogP contribution in [0.25, 0.3) is 10.9 Å². The molecule has 5 rings (SSSR count). The topological polar surface area (TPSA) is 63.6 Å². The van der Waals surface area contributed by atoms with E-state index in [0.717, 1.165) is 48.1 Å². The zero-order valence-electron chi connectivity index (χ0n) is 22.5. The highest BCUT2D eigenvalue weighted by molar-refractivity contribution is 6.30. The van der Waals surface area contributed by atoms with Crippen LogP contribution in [0.2, 0.25) is 5.02 Å². The minimum absolute atomic E-state index is 0.00382. The summed E-state index contributed by atoms with van der Waals surface area (Å²) in [6.07, 6.45) is 10.1. The van der Waals surface area contributed by atoms with Gasteiger partial charge in [0.15, 0.2) is 0 Å². The van der Waals surface area contributed by atoms with Gasteiger partial charge in [-0.3, -0.25) is 19.1 Å². The van der Waals surface area contributed by atoms with Crippen molar-refractivity contribution in [2.75, 3.05) is 26.7 Å². The number of hydrogen-bond donors (Lipinski definition) is 1. The molecule has 202 valence electrons. The van der Waals surface area contributed by atoms with Crippen molar-refractivity contribution >= 4 is 34.3 Å². The number of likely N-dealkylation sites (tertiary alicyclic amines) is 1. The molecule has 0 radical (unpaired) electrons. The average Bonchev–Trinajstić information content (AvgIpc) is 3.23. The second-order valence-corrected chi connectivity index (χ2v) is 11.3. The lowest BCUT2D eigenvalue weighted by Gasteiger charge is -2.48. The zero-order chi connectivity index (χ0) is 26.7. The summed E-state index contributed by atoms with van der Waals surface area (Å²) in [5, 5.41) is 4.76. The van der Waals surface area contributed by atoms with E-state index >= 15 is 0 Å². The second kappa shape index (κ2) is 11.5. The van der Waals surface area contributed by atoms with Crippen molar-refractivity contribution in [3.05, 3.63) is 64.3 Å². The third-order valence-electron chi connectivity index (χ3n) is 8.60. The molecule has 2 fully saturated rings. The SMILES string of the molecule is COc1ccc2c(c1)c(CC(=O)NCC1(N3CCCCC3)CCCCC1)c(C)n2C(=O)c1ccc(Cl)cc1. The van der Waals surface area contributed by atoms with Crippen LogP contribution in [0.15, 0.2) is 42.5 Å². The van der Waals surface area contributed by atoms with E-state index in [2.05, 4.69) is 10.2 Å². The van der Waals surface area contributed by atoms with Crippen molar-refractivity contribution in [1.29, 1.82) is 0 Å². The number of methoxy groups -OCH3 is 1. The van der Waals surface area contributed by atoms with Crippen molar-refractivity contribution in [2.24, 2.45) is 0 Å². The van der Waals surface area contributed by atoms with E-state index in [0.29, 0.717) is 22.9 Å². The Kier molecular flexibility index (Phi) is 8.10. The molecule has 3 aromatic rings. The number of fused-ring (bicyclic) bond motifs is 1. The lowest BCUT2D eigenvalue weighted by atomic mass is 9.79. The molecule has 1 saturated heterocycles. The molecule has 7 heteroatoms. The quantitative estimate of drug-likeness (QED) is 0.394. The number of ether oxygens (including phenoxy) is 1. The Balaban J connectivity index is 1.41. The van der Waals surface area contributed by atoms with Crippen LogP contribution in [-0.2, 0) is 11.2 Å². The maximum absolute atomic E-state index is 13.6. The molecule has 1 aromatic heterocycles. The van der Waals surface area contributed by atoms with Crippen molar-refractivity contribution in [3.8, 4) is 5.75 Å². The fourth-order valence-corrected chi connectivity index (χ4v) is 6.59. The molecule has 1 N–H and O–H groups in total. The predicted octanol–water partition coefficient (Wildman–Crippen LogP) is 6.15. The van der Waals surface area contributed by atoms with Gasteiger partial charge in [0.05, 0.1) is 19.0 Å². The highest BCUT2D eigenvalue weighted by atomic mass is 35.5. The van der Waals surface area contributed by atoms with Gasteiger partial charge >= 0.3 is 0 Å². The first kappa shape index (κ1) is 26.8. The van der Waals surface area contributed by atoms with Gasteiger partial charge in [0.2, 0.25) is 5.91 Å². The van der Waals surface area contributed by atoms with E-state index in [-0.39, 0.29) is 23.8 Å². The van der Waals surface area contributed by atoms with E-state index in [1.54, 1.807) is 35.9 Å². The molecular weight excluding hydrogens is 498 g/mol. The molecule has 0 spiro atoms. The number of rotatable bonds is 7. The maximum Gasteiger partial charge on any atom is 0.262 e. The Hall–Kier alpha value is -2.83. The predicted molar refractivity (Wildman–Crippen MR) is 152 cm³/mol. The first-order chi connectivity index (χ1) is 18.4. The third kappa shape index (κ3) is 5.34. The number of nitrogens with one attached hydrogen (secondary N) is 1. The van der Waals surface area contributed by atoms with Crippen LogP contribution in [0, 0.1) is 6.92 Å². The second-order valence-electron chi connectivity index (χ2n) is 10.9. The number of carbonyl (C=O) groups excluding carboxylic acids is 2. The summed E-state index contributed by atoms with van der Waals surface area (Å²) in [5.41, 5.74) is 3.01. The highest BCUT2D eigenvalue weighted by Crippen LogP contribution is 2.35. The molecule has 1 amide bonds. The summed E-state index contributed by atoms with van der Waals surface area (Å²) in [7, 11) is 1.63. The van der Waals surface area contributed by atoms with Gasteiger partial charge in [-0.1, -0.05) is 37.3 Å². The van der Waals surface area contributed by atoms with Gasteiger partial charge in [-0.15, -0.1) is 0 Å². The number of hydrogen-bond acceptors (Lipinski definition) is 4. The molecular formula is C31H38ClN3O3. The Morgan fingerprint density at radius 2 is 1.66 bits per heavy atom. The largest absolute Gasteiger partial charge is 0.497 e. The molecule has 2 aliphatic rings. The smallest absolute Gasteiger partial charge is 0.262 e. The van der Waals surface area contributed by atoms with Gasteiger partial charge in [0.25, 0.3) is 5.91 Å². The van der Waals surface area contributed by atoms with Crippen molar-refractivity contribution < 1.29 is 14.3 Å². The van der Waals surface area contributed by atoms with Crippen LogP contribution < -0.4 is 10.1 Å². The number of nitrogens with zero attached hydrogens (tertiary/aromatic N) is 2. The van der Waals surface area contributed by atoms with Crippen LogP contribution in [0.5, 0.6) is 5.75 Å². The Morgan fingerprint density at radius 3 is 2.34 bits per heavy atom. The minimum Gasteiger partial charge on any atom is -0.497 e. The van der Waals surface area contributed by atoms with Gasteiger partial charge < -0.3 is 10.1 Å². The summed E-state index contributed by atoms with van der Waals surface area (Å²) in [5.74, 6) is 0.546. The monoisotopic (exact) mass is 535 g/mol. The van der Waals surface area contributed by atoms with Crippen LogP contribution in [0.1, 0.15) is 73.0 Å². The lowest BCUT2D eigenvalue weighted by molar-refractivity contribution is -0.121. The first-order valence-corrected chi connectivity index (χ1v) is 14.3. The standard InChI is InChI=1S/C31H38ClN3O3/c1-22-26(20-29(36)33-21-31(15-5-3-6-16-31)34-17-7-4-8-18-34)27-19-25(38-2)13-14-28(27)35(22)30(37)23-9-11-24(32)12-10-23/h9-14,19H,3-8,15-18,20-21H2,1-2H3,(H,33,36). The molecule has 1 aliphatic heterocycles. The van der Waals surface area contributed by atoms with Gasteiger partial charge in [0.1, 0.15) is 5.75 Å². The maximum atomic E-state index is 13.6. The average molecular weight is 536 g/mol. The zero-order valence-corrected chi connectivity index (χ0v) is 23.3. The Labute approximate surface area is 230 Å². The third-order valence-corrected chi connectivity index (χ3v) is 8.85. The van der Waals surface area contributed by atoms with Crippen LogP contribution in [0.4, 0.5) is 0 Å². The number of aromatic nitrogens is 1. The summed E-state index contributed by atoms with van der Waals surface area (Å²) in [6.45, 7) is 4.87. The van der Waals surface area contributed by atoms with Gasteiger partial charge in [0, 0.05) is 33.7 Å². The molecule has 2 heterocycles. The fraction of sp³-hybridized carbons (Fsp3) is 0.484. The molecule has 1 aliphatic carbocycles. The van der Waals surface area contributed by atoms with Crippen molar-refractivity contribution in [1.82, 2.24) is 14.8 Å². The van der Waals surface area contributed by atoms with Crippen LogP contribution in [0.3, 0.4) is 0 Å². The van der Waals surface area contributed by atoms with Crippen molar-refractivity contribution in [2.45, 2.75) is 70.3 Å². The van der Waals surface area contributed by atoms with Gasteiger partial charge in [-0.2, -0.15) is 0 Å². The van der Waals surface area contributed by atoms with Gasteiger partial charge in [-0.05, 0) is 93.7 Å². The molecule has 6 nitrogen and oxygen atoms in total. The molecule has 2 aromatic carbocycles. The van der Waals surface area contributed by atoms with Crippen molar-refractivity contribution in [3.63, 3.8) is 0 Å². The van der Waals surface area contributed by atoms with E-state index in [1.165, 1.54) is 38.5 Å². The van der Waals surface area contributed by atoms with E-state index < -0.39 is 0 Å². The Bertz CT molecular complexity index is 1300. The number of halogens is 1. The van der Waals surface area contributed by atoms with E-state index in [4.69, 9.17) is 16.3 Å². The highest BCUT2D eigenvalue weighted by Gasteiger charge is 2.38. The lowest BCUT2D eigenvalue weighted by Crippen LogP contribution is -2.58. The number of amides is 1. The number of piperidine rings is 1. The summed E-state index contributed by atoms with van der Waals surface area (Å²) < 4.78 is 7.19. The van der Waals surface area contributed by atoms with E-state index in [1.807, 2.05) is 25.1 Å². The minimum atomic E-state index is -0.146. The summed E-state index contributed by atoms with van der Waals surface area (Å²) in [4.78, 5) is 29.7. The number of carbonyl (C=O) groups is 2. The molecule has 38 heavy (non-hydrogen) atoms. The molecule has 0 unspecified atom stereocenters. The first-order valence-electron chi connectivity index (χ1n) is 13.9. The number of benzene rings is 2.